The summed E-state index contributed by atoms with van der Waals surface area (Å²) in [5.74, 6) is 0.339. The fourth-order valence-electron chi connectivity index (χ4n) is 4.20. The van der Waals surface area contributed by atoms with Gasteiger partial charge >= 0.3 is 5.97 Å². The van der Waals surface area contributed by atoms with E-state index in [2.05, 4.69) is 39.2 Å². The number of nitrogens with one attached hydrogen (secondary N) is 2. The molecular formula is C28H45N9O6S. The number of carboxylic acid groups (broad SMARTS) is 1. The Balaban J connectivity index is 0.000000523. The standard InChI is InChI=1S/C20H28N8O4S.C8H17NO2/c1-6-27(4)20-23-15-16(19(29)26-33(5,30)31)25-28(10-11-32-7-2)17(15)18(24-20)22-14-12-13(3)8-9-21-14;1-6(2)3-7(5-9)4-8(10)11/h8-9,12H,6-7,10-11H2,1-5H3,(H,26,29)(H,21,22,23,24);6-7H,3-5,9H2,1-2H3,(H,10,11)/t;7-/m.0/s1. The van der Waals surface area contributed by atoms with Crippen LogP contribution in [-0.4, -0.2) is 89.7 Å². The summed E-state index contributed by atoms with van der Waals surface area (Å²) in [5, 5.41) is 16.0. The highest BCUT2D eigenvalue weighted by Gasteiger charge is 2.26. The maximum atomic E-state index is 12.8. The van der Waals surface area contributed by atoms with Gasteiger partial charge in [0.15, 0.2) is 11.5 Å². The number of carbonyl (C=O) groups excluding carboxylic acids is 1. The van der Waals surface area contributed by atoms with E-state index in [0.29, 0.717) is 61.9 Å². The molecule has 1 amide bonds. The second kappa shape index (κ2) is 16.8. The Morgan fingerprint density at radius 3 is 2.48 bits per heavy atom. The molecule has 15 nitrogen and oxygen atoms in total. The average molecular weight is 636 g/mol. The van der Waals surface area contributed by atoms with Crippen LogP contribution in [0.25, 0.3) is 11.0 Å². The molecule has 44 heavy (non-hydrogen) atoms. The van der Waals surface area contributed by atoms with Crippen molar-refractivity contribution in [2.24, 2.45) is 17.6 Å². The van der Waals surface area contributed by atoms with Crippen LogP contribution in [0.3, 0.4) is 0 Å². The maximum absolute atomic E-state index is 12.8. The summed E-state index contributed by atoms with van der Waals surface area (Å²) < 4.78 is 32.3. The highest BCUT2D eigenvalue weighted by molar-refractivity contribution is 7.89. The Labute approximate surface area is 258 Å². The molecule has 0 aliphatic heterocycles. The lowest BCUT2D eigenvalue weighted by molar-refractivity contribution is -0.138. The largest absolute Gasteiger partial charge is 0.481 e. The molecular weight excluding hydrogens is 590 g/mol. The van der Waals surface area contributed by atoms with E-state index >= 15 is 0 Å². The molecule has 0 spiro atoms. The van der Waals surface area contributed by atoms with E-state index in [0.717, 1.165) is 18.2 Å². The molecule has 0 aromatic carbocycles. The Bertz CT molecular complexity index is 1510. The number of nitrogens with zero attached hydrogens (tertiary/aromatic N) is 6. The van der Waals surface area contributed by atoms with E-state index < -0.39 is 21.9 Å². The number of carbonyl (C=O) groups is 2. The number of hydrogen-bond donors (Lipinski definition) is 4. The monoisotopic (exact) mass is 635 g/mol. The molecule has 244 valence electrons. The molecule has 3 heterocycles. The Morgan fingerprint density at radius 1 is 1.23 bits per heavy atom. The van der Waals surface area contributed by atoms with Crippen molar-refractivity contribution >= 4 is 50.5 Å². The first-order valence-electron chi connectivity index (χ1n) is 14.4. The SMILES string of the molecule is CC(C)C[C@H](CN)CC(=O)O.CCOCCn1nc(C(=O)NS(C)(=O)=O)c2nc(N(C)CC)nc(Nc3cc(C)ccn3)c21. The molecule has 1 atom stereocenters. The second-order valence-electron chi connectivity index (χ2n) is 10.7. The summed E-state index contributed by atoms with van der Waals surface area (Å²) in [7, 11) is -1.99. The van der Waals surface area contributed by atoms with Gasteiger partial charge in [0.25, 0.3) is 5.91 Å². The summed E-state index contributed by atoms with van der Waals surface area (Å²) in [6.07, 6.45) is 3.69. The van der Waals surface area contributed by atoms with Crippen LogP contribution in [0.1, 0.15) is 56.6 Å². The predicted octanol–water partition coefficient (Wildman–Crippen LogP) is 2.54. The van der Waals surface area contributed by atoms with Crippen molar-refractivity contribution in [1.82, 2.24) is 29.5 Å². The number of aryl methyl sites for hydroxylation is 1. The number of hydrogen-bond acceptors (Lipinski definition) is 12. The van der Waals surface area contributed by atoms with Crippen LogP contribution in [0.5, 0.6) is 0 Å². The lowest BCUT2D eigenvalue weighted by Gasteiger charge is -2.17. The van der Waals surface area contributed by atoms with Gasteiger partial charge in [0, 0.05) is 32.8 Å². The average Bonchev–Trinajstić information content (AvgIpc) is 3.30. The lowest BCUT2D eigenvalue weighted by atomic mass is 9.94. The van der Waals surface area contributed by atoms with Crippen LogP contribution >= 0.6 is 0 Å². The first-order chi connectivity index (χ1) is 20.7. The summed E-state index contributed by atoms with van der Waals surface area (Å²) >= 11 is 0. The fourth-order valence-corrected chi connectivity index (χ4v) is 4.63. The van der Waals surface area contributed by atoms with Crippen LogP contribution in [0.2, 0.25) is 0 Å². The number of nitrogens with two attached hydrogens (primary N) is 1. The zero-order valence-electron chi connectivity index (χ0n) is 26.5. The summed E-state index contributed by atoms with van der Waals surface area (Å²) in [6, 6.07) is 3.73. The number of anilines is 3. The van der Waals surface area contributed by atoms with Crippen LogP contribution in [0, 0.1) is 18.8 Å². The summed E-state index contributed by atoms with van der Waals surface area (Å²) in [5.41, 5.74) is 6.93. The smallest absolute Gasteiger partial charge is 0.303 e. The van der Waals surface area contributed by atoms with Crippen molar-refractivity contribution in [3.63, 3.8) is 0 Å². The van der Waals surface area contributed by atoms with Crippen molar-refractivity contribution in [2.75, 3.05) is 49.8 Å². The molecule has 0 bridgehead atoms. The van der Waals surface area contributed by atoms with Crippen LogP contribution in [0.15, 0.2) is 18.3 Å². The van der Waals surface area contributed by atoms with Crippen molar-refractivity contribution in [1.29, 1.82) is 0 Å². The molecule has 0 aliphatic rings. The number of fused-ring (bicyclic) bond motifs is 1. The molecule has 16 heteroatoms. The van der Waals surface area contributed by atoms with Gasteiger partial charge in [0.2, 0.25) is 16.0 Å². The topological polar surface area (TPSA) is 208 Å². The maximum Gasteiger partial charge on any atom is 0.303 e. The first kappa shape index (κ1) is 36.3. The molecule has 0 unspecified atom stereocenters. The van der Waals surface area contributed by atoms with Gasteiger partial charge in [0.1, 0.15) is 16.9 Å². The van der Waals surface area contributed by atoms with Crippen molar-refractivity contribution < 1.29 is 27.9 Å². The van der Waals surface area contributed by atoms with E-state index in [-0.39, 0.29) is 23.5 Å². The minimum absolute atomic E-state index is 0.125. The van der Waals surface area contributed by atoms with Gasteiger partial charge in [-0.25, -0.2) is 23.1 Å². The molecule has 5 N–H and O–H groups in total. The number of ether oxygens (including phenoxy) is 1. The van der Waals surface area contributed by atoms with E-state index in [1.807, 2.05) is 44.7 Å². The number of amides is 1. The van der Waals surface area contributed by atoms with Gasteiger partial charge in [-0.1, -0.05) is 13.8 Å². The fraction of sp³-hybridized carbons (Fsp3) is 0.571. The number of aromatic nitrogens is 5. The number of rotatable bonds is 15. The van der Waals surface area contributed by atoms with Crippen LogP contribution < -0.4 is 20.7 Å². The number of aliphatic carboxylic acids is 1. The van der Waals surface area contributed by atoms with Gasteiger partial charge in [-0.2, -0.15) is 10.1 Å². The Morgan fingerprint density at radius 2 is 1.93 bits per heavy atom. The normalized spacial score (nSPS) is 12.0. The molecule has 0 saturated heterocycles. The van der Waals surface area contributed by atoms with Crippen LogP contribution in [0.4, 0.5) is 17.6 Å². The van der Waals surface area contributed by atoms with E-state index in [9.17, 15) is 18.0 Å². The quantitative estimate of drug-likeness (QED) is 0.177. The van der Waals surface area contributed by atoms with Gasteiger partial charge in [-0.3, -0.25) is 14.3 Å². The predicted molar refractivity (Wildman–Crippen MR) is 170 cm³/mol. The Kier molecular flexibility index (Phi) is 13.9. The van der Waals surface area contributed by atoms with Gasteiger partial charge in [-0.05, 0) is 63.3 Å². The van der Waals surface area contributed by atoms with Crippen LogP contribution in [-0.2, 0) is 26.1 Å². The molecule has 3 aromatic heterocycles. The highest BCUT2D eigenvalue weighted by atomic mass is 32.2. The summed E-state index contributed by atoms with van der Waals surface area (Å²) in [6.45, 7) is 12.1. The van der Waals surface area contributed by atoms with E-state index in [1.54, 1.807) is 11.1 Å². The van der Waals surface area contributed by atoms with Crippen molar-refractivity contribution in [3.8, 4) is 0 Å². The van der Waals surface area contributed by atoms with Crippen molar-refractivity contribution in [3.05, 3.63) is 29.6 Å². The zero-order valence-corrected chi connectivity index (χ0v) is 27.3. The lowest BCUT2D eigenvalue weighted by Crippen LogP contribution is -2.30. The minimum atomic E-state index is -3.80. The summed E-state index contributed by atoms with van der Waals surface area (Å²) in [4.78, 5) is 38.4. The third kappa shape index (κ3) is 11.3. The van der Waals surface area contributed by atoms with Gasteiger partial charge in [-0.15, -0.1) is 0 Å². The van der Waals surface area contributed by atoms with Gasteiger partial charge < -0.3 is 25.8 Å². The van der Waals surface area contributed by atoms with E-state index in [4.69, 9.17) is 15.6 Å². The second-order valence-corrected chi connectivity index (χ2v) is 12.5. The minimum Gasteiger partial charge on any atom is -0.481 e. The Hall–Kier alpha value is -3.89. The van der Waals surface area contributed by atoms with Crippen molar-refractivity contribution in [2.45, 2.75) is 54.0 Å². The molecule has 3 aromatic rings. The zero-order chi connectivity index (χ0) is 33.0. The highest BCUT2D eigenvalue weighted by Crippen LogP contribution is 2.28. The molecule has 0 fully saturated rings. The van der Waals surface area contributed by atoms with Gasteiger partial charge in [0.05, 0.1) is 19.4 Å². The van der Waals surface area contributed by atoms with E-state index in [1.165, 1.54) is 4.68 Å². The number of carboxylic acids is 1. The molecule has 0 saturated carbocycles. The third-order valence-electron chi connectivity index (χ3n) is 6.30. The molecule has 0 radical (unpaired) electrons. The molecule has 3 rings (SSSR count). The number of sulfonamides is 1. The number of pyridine rings is 1. The third-order valence-corrected chi connectivity index (χ3v) is 6.86. The molecule has 0 aliphatic carbocycles. The first-order valence-corrected chi connectivity index (χ1v) is 16.3.